The number of carbonyl (C=O) groups is 1. The number of benzene rings is 2. The molecule has 4 heteroatoms. The Labute approximate surface area is 137 Å². The van der Waals surface area contributed by atoms with Gasteiger partial charge in [0.25, 0.3) is 0 Å². The summed E-state index contributed by atoms with van der Waals surface area (Å²) in [6.07, 6.45) is 0. The summed E-state index contributed by atoms with van der Waals surface area (Å²) in [4.78, 5) is 11.8. The maximum absolute atomic E-state index is 11.8. The molecule has 0 unspecified atom stereocenters. The van der Waals surface area contributed by atoms with Crippen molar-refractivity contribution in [3.8, 4) is 0 Å². The number of anilines is 1. The van der Waals surface area contributed by atoms with Crippen LogP contribution in [-0.4, -0.2) is 11.7 Å². The van der Waals surface area contributed by atoms with E-state index in [0.29, 0.717) is 5.75 Å². The number of carbonyl (C=O) groups excluding carboxylic acids is 1. The van der Waals surface area contributed by atoms with Gasteiger partial charge in [-0.15, -0.1) is 11.8 Å². The van der Waals surface area contributed by atoms with Crippen molar-refractivity contribution in [3.05, 3.63) is 63.2 Å². The summed E-state index contributed by atoms with van der Waals surface area (Å²) in [6.45, 7) is 2.10. The first kappa shape index (κ1) is 15.4. The zero-order chi connectivity index (χ0) is 14.4. The SMILES string of the molecule is Cc1ccccc1CSCC(=O)Nc1ccc(I)cc1. The third kappa shape index (κ3) is 4.83. The lowest BCUT2D eigenvalue weighted by atomic mass is 10.1. The first-order valence-corrected chi connectivity index (χ1v) is 8.56. The molecule has 0 saturated heterocycles. The number of amides is 1. The molecule has 2 aromatic carbocycles. The van der Waals surface area contributed by atoms with Gasteiger partial charge in [0, 0.05) is 15.0 Å². The minimum atomic E-state index is 0.0461. The van der Waals surface area contributed by atoms with E-state index in [4.69, 9.17) is 0 Å². The Morgan fingerprint density at radius 3 is 2.55 bits per heavy atom. The van der Waals surface area contributed by atoms with E-state index in [1.165, 1.54) is 11.1 Å². The molecular weight excluding hydrogens is 381 g/mol. The van der Waals surface area contributed by atoms with Crippen molar-refractivity contribution >= 4 is 45.9 Å². The molecule has 1 amide bonds. The summed E-state index contributed by atoms with van der Waals surface area (Å²) >= 11 is 3.88. The lowest BCUT2D eigenvalue weighted by Gasteiger charge is -2.07. The average molecular weight is 397 g/mol. The molecule has 0 spiro atoms. The van der Waals surface area contributed by atoms with Crippen LogP contribution in [-0.2, 0) is 10.5 Å². The standard InChI is InChI=1S/C16H16INOS/c1-12-4-2-3-5-13(12)10-20-11-16(19)18-15-8-6-14(17)7-9-15/h2-9H,10-11H2,1H3,(H,18,19). The molecule has 2 aromatic rings. The van der Waals surface area contributed by atoms with Gasteiger partial charge in [-0.3, -0.25) is 4.79 Å². The lowest BCUT2D eigenvalue weighted by Crippen LogP contribution is -2.14. The highest BCUT2D eigenvalue weighted by Crippen LogP contribution is 2.16. The highest BCUT2D eigenvalue weighted by molar-refractivity contribution is 14.1. The van der Waals surface area contributed by atoms with Gasteiger partial charge in [-0.1, -0.05) is 24.3 Å². The van der Waals surface area contributed by atoms with E-state index in [1.807, 2.05) is 36.4 Å². The van der Waals surface area contributed by atoms with E-state index in [1.54, 1.807) is 11.8 Å². The number of nitrogens with one attached hydrogen (secondary N) is 1. The highest BCUT2D eigenvalue weighted by atomic mass is 127. The van der Waals surface area contributed by atoms with E-state index >= 15 is 0 Å². The van der Waals surface area contributed by atoms with Crippen molar-refractivity contribution in [2.45, 2.75) is 12.7 Å². The largest absolute Gasteiger partial charge is 0.325 e. The van der Waals surface area contributed by atoms with Crippen LogP contribution in [0.2, 0.25) is 0 Å². The molecule has 0 aliphatic heterocycles. The predicted octanol–water partition coefficient (Wildman–Crippen LogP) is 4.47. The second-order valence-electron chi connectivity index (χ2n) is 4.47. The first-order valence-electron chi connectivity index (χ1n) is 6.33. The number of thioether (sulfide) groups is 1. The van der Waals surface area contributed by atoms with Crippen LogP contribution in [0.1, 0.15) is 11.1 Å². The molecule has 0 heterocycles. The Hall–Kier alpha value is -1.01. The Balaban J connectivity index is 1.78. The lowest BCUT2D eigenvalue weighted by molar-refractivity contribution is -0.113. The molecule has 0 fully saturated rings. The highest BCUT2D eigenvalue weighted by Gasteiger charge is 2.04. The zero-order valence-electron chi connectivity index (χ0n) is 11.2. The number of rotatable bonds is 5. The summed E-state index contributed by atoms with van der Waals surface area (Å²) in [5, 5.41) is 2.91. The van der Waals surface area contributed by atoms with Crippen molar-refractivity contribution in [1.82, 2.24) is 0 Å². The molecule has 0 radical (unpaired) electrons. The van der Waals surface area contributed by atoms with Gasteiger partial charge in [0.15, 0.2) is 0 Å². The average Bonchev–Trinajstić information content (AvgIpc) is 2.43. The van der Waals surface area contributed by atoms with Crippen LogP contribution in [0.4, 0.5) is 5.69 Å². The summed E-state index contributed by atoms with van der Waals surface area (Å²) in [6, 6.07) is 16.1. The molecule has 1 N–H and O–H groups in total. The van der Waals surface area contributed by atoms with Crippen LogP contribution >= 0.6 is 34.4 Å². The van der Waals surface area contributed by atoms with Crippen LogP contribution in [0.25, 0.3) is 0 Å². The molecule has 104 valence electrons. The van der Waals surface area contributed by atoms with Crippen molar-refractivity contribution in [2.24, 2.45) is 0 Å². The molecular formula is C16H16INOS. The van der Waals surface area contributed by atoms with Gasteiger partial charge in [0.1, 0.15) is 0 Å². The Morgan fingerprint density at radius 2 is 1.85 bits per heavy atom. The maximum Gasteiger partial charge on any atom is 0.234 e. The van der Waals surface area contributed by atoms with Crippen LogP contribution < -0.4 is 5.32 Å². The fourth-order valence-corrected chi connectivity index (χ4v) is 3.02. The van der Waals surface area contributed by atoms with Crippen molar-refractivity contribution in [3.63, 3.8) is 0 Å². The number of aryl methyl sites for hydroxylation is 1. The Kier molecular flexibility index (Phi) is 5.91. The maximum atomic E-state index is 11.8. The monoisotopic (exact) mass is 397 g/mol. The molecule has 0 atom stereocenters. The molecule has 0 bridgehead atoms. The van der Waals surface area contributed by atoms with Gasteiger partial charge in [0.05, 0.1) is 5.75 Å². The van der Waals surface area contributed by atoms with Crippen molar-refractivity contribution in [2.75, 3.05) is 11.1 Å². The third-order valence-electron chi connectivity index (χ3n) is 2.88. The zero-order valence-corrected chi connectivity index (χ0v) is 14.2. The van der Waals surface area contributed by atoms with Crippen molar-refractivity contribution < 1.29 is 4.79 Å². The van der Waals surface area contributed by atoms with Crippen LogP contribution in [0.3, 0.4) is 0 Å². The first-order chi connectivity index (χ1) is 9.65. The van der Waals surface area contributed by atoms with Gasteiger partial charge in [-0.25, -0.2) is 0 Å². The second-order valence-corrected chi connectivity index (χ2v) is 6.71. The number of halogens is 1. The van der Waals surface area contributed by atoms with Crippen molar-refractivity contribution in [1.29, 1.82) is 0 Å². The number of hydrogen-bond acceptors (Lipinski definition) is 2. The third-order valence-corrected chi connectivity index (χ3v) is 4.58. The fourth-order valence-electron chi connectivity index (χ4n) is 1.76. The molecule has 0 saturated carbocycles. The summed E-state index contributed by atoms with van der Waals surface area (Å²) in [5.74, 6) is 1.39. The van der Waals surface area contributed by atoms with E-state index < -0.39 is 0 Å². The fraction of sp³-hybridized carbons (Fsp3) is 0.188. The molecule has 0 aromatic heterocycles. The molecule has 0 aliphatic rings. The Bertz CT molecular complexity index is 583. The quantitative estimate of drug-likeness (QED) is 0.755. The van der Waals surface area contributed by atoms with Gasteiger partial charge in [-0.05, 0) is 64.9 Å². The minimum absolute atomic E-state index is 0.0461. The van der Waals surface area contributed by atoms with Gasteiger partial charge in [-0.2, -0.15) is 0 Å². The summed E-state index contributed by atoms with van der Waals surface area (Å²) < 4.78 is 1.16. The topological polar surface area (TPSA) is 29.1 Å². The molecule has 0 aliphatic carbocycles. The van der Waals surface area contributed by atoms with E-state index in [-0.39, 0.29) is 5.91 Å². The predicted molar refractivity (Wildman–Crippen MR) is 95.1 cm³/mol. The number of hydrogen-bond donors (Lipinski definition) is 1. The van der Waals surface area contributed by atoms with Crippen LogP contribution in [0.15, 0.2) is 48.5 Å². The summed E-state index contributed by atoms with van der Waals surface area (Å²) in [5.41, 5.74) is 3.42. The molecule has 2 rings (SSSR count). The summed E-state index contributed by atoms with van der Waals surface area (Å²) in [7, 11) is 0. The van der Waals surface area contributed by atoms with E-state index in [2.05, 4.69) is 47.0 Å². The van der Waals surface area contributed by atoms with Gasteiger partial charge >= 0.3 is 0 Å². The van der Waals surface area contributed by atoms with Crippen LogP contribution in [0, 0.1) is 10.5 Å². The smallest absolute Gasteiger partial charge is 0.234 e. The second kappa shape index (κ2) is 7.69. The molecule has 2 nitrogen and oxygen atoms in total. The van der Waals surface area contributed by atoms with E-state index in [0.717, 1.165) is 15.0 Å². The van der Waals surface area contributed by atoms with Gasteiger partial charge < -0.3 is 5.32 Å². The Morgan fingerprint density at radius 1 is 1.15 bits per heavy atom. The molecule has 20 heavy (non-hydrogen) atoms. The van der Waals surface area contributed by atoms with Gasteiger partial charge in [0.2, 0.25) is 5.91 Å². The van der Waals surface area contributed by atoms with Crippen LogP contribution in [0.5, 0.6) is 0 Å². The van der Waals surface area contributed by atoms with E-state index in [9.17, 15) is 4.79 Å². The normalized spacial score (nSPS) is 10.3. The minimum Gasteiger partial charge on any atom is -0.325 e.